The number of nitrogens with zero attached hydrogens (tertiary/aromatic N) is 2. The molecule has 3 nitrogen and oxygen atoms in total. The number of hydrogen-bond acceptors (Lipinski definition) is 3. The molecule has 90 valence electrons. The van der Waals surface area contributed by atoms with Crippen LogP contribution in [0.3, 0.4) is 0 Å². The molecule has 0 saturated carbocycles. The van der Waals surface area contributed by atoms with E-state index in [4.69, 9.17) is 5.26 Å². The summed E-state index contributed by atoms with van der Waals surface area (Å²) in [5.74, 6) is 0. The summed E-state index contributed by atoms with van der Waals surface area (Å²) < 4.78 is 0. The molecule has 0 unspecified atom stereocenters. The van der Waals surface area contributed by atoms with Gasteiger partial charge in [0.15, 0.2) is 0 Å². The highest BCUT2D eigenvalue weighted by molar-refractivity contribution is 5.45. The molecule has 1 N–H and O–H groups in total. The Balaban J connectivity index is 1.96. The lowest BCUT2D eigenvalue weighted by Gasteiger charge is -2.07. The number of pyridine rings is 1. The number of rotatable bonds is 4. The van der Waals surface area contributed by atoms with Crippen LogP contribution in [0.1, 0.15) is 17.0 Å². The van der Waals surface area contributed by atoms with E-state index in [2.05, 4.69) is 16.4 Å². The van der Waals surface area contributed by atoms with E-state index in [0.29, 0.717) is 13.0 Å². The van der Waals surface area contributed by atoms with Gasteiger partial charge in [0.1, 0.15) is 0 Å². The number of nitrogens with one attached hydrogen (secondary N) is 1. The summed E-state index contributed by atoms with van der Waals surface area (Å²) in [7, 11) is 0. The van der Waals surface area contributed by atoms with E-state index in [1.54, 1.807) is 0 Å². The second kappa shape index (κ2) is 5.83. The van der Waals surface area contributed by atoms with E-state index in [-0.39, 0.29) is 0 Å². The third-order valence-electron chi connectivity index (χ3n) is 2.66. The molecular weight excluding hydrogens is 222 g/mol. The zero-order valence-electron chi connectivity index (χ0n) is 10.4. The Hall–Kier alpha value is -2.34. The monoisotopic (exact) mass is 237 g/mol. The molecule has 0 fully saturated rings. The van der Waals surface area contributed by atoms with Gasteiger partial charge in [0, 0.05) is 11.4 Å². The van der Waals surface area contributed by atoms with Crippen molar-refractivity contribution in [2.75, 3.05) is 5.32 Å². The zero-order valence-corrected chi connectivity index (χ0v) is 10.4. The van der Waals surface area contributed by atoms with Gasteiger partial charge in [-0.1, -0.05) is 18.2 Å². The van der Waals surface area contributed by atoms with Gasteiger partial charge in [-0.15, -0.1) is 0 Å². The van der Waals surface area contributed by atoms with E-state index < -0.39 is 0 Å². The fourth-order valence-electron chi connectivity index (χ4n) is 1.72. The number of benzene rings is 1. The molecule has 1 aromatic heterocycles. The number of aromatic nitrogens is 1. The molecule has 0 bridgehead atoms. The SMILES string of the molecule is Cc1cccc(CNc2ccc(CC#N)cc2)n1. The summed E-state index contributed by atoms with van der Waals surface area (Å²) in [6, 6.07) is 16.0. The minimum atomic E-state index is 0.458. The lowest BCUT2D eigenvalue weighted by molar-refractivity contribution is 1.01. The van der Waals surface area contributed by atoms with Gasteiger partial charge in [-0.05, 0) is 36.8 Å². The maximum atomic E-state index is 8.59. The van der Waals surface area contributed by atoms with Crippen LogP contribution in [0.5, 0.6) is 0 Å². The number of anilines is 1. The summed E-state index contributed by atoms with van der Waals surface area (Å²) >= 11 is 0. The van der Waals surface area contributed by atoms with Crippen LogP contribution in [-0.4, -0.2) is 4.98 Å². The van der Waals surface area contributed by atoms with Crippen LogP contribution in [0.25, 0.3) is 0 Å². The third kappa shape index (κ3) is 3.33. The van der Waals surface area contributed by atoms with E-state index >= 15 is 0 Å². The fourth-order valence-corrected chi connectivity index (χ4v) is 1.72. The Morgan fingerprint density at radius 2 is 1.94 bits per heavy atom. The lowest BCUT2D eigenvalue weighted by atomic mass is 10.1. The Bertz CT molecular complexity index is 553. The van der Waals surface area contributed by atoms with Crippen molar-refractivity contribution >= 4 is 5.69 Å². The lowest BCUT2D eigenvalue weighted by Crippen LogP contribution is -2.02. The van der Waals surface area contributed by atoms with E-state index in [0.717, 1.165) is 22.6 Å². The van der Waals surface area contributed by atoms with Crippen molar-refractivity contribution < 1.29 is 0 Å². The van der Waals surface area contributed by atoms with Gasteiger partial charge >= 0.3 is 0 Å². The Morgan fingerprint density at radius 1 is 1.17 bits per heavy atom. The Labute approximate surface area is 107 Å². The van der Waals surface area contributed by atoms with E-state index in [1.807, 2.05) is 49.4 Å². The highest BCUT2D eigenvalue weighted by Crippen LogP contribution is 2.11. The number of hydrogen-bond donors (Lipinski definition) is 1. The molecule has 0 radical (unpaired) electrons. The van der Waals surface area contributed by atoms with Gasteiger partial charge < -0.3 is 5.32 Å². The molecule has 1 aromatic carbocycles. The molecule has 1 heterocycles. The van der Waals surface area contributed by atoms with Crippen LogP contribution < -0.4 is 5.32 Å². The molecule has 0 saturated heterocycles. The van der Waals surface area contributed by atoms with E-state index in [9.17, 15) is 0 Å². The summed E-state index contributed by atoms with van der Waals surface area (Å²) in [5.41, 5.74) is 4.13. The van der Waals surface area contributed by atoms with Gasteiger partial charge in [-0.25, -0.2) is 0 Å². The first-order valence-corrected chi connectivity index (χ1v) is 5.90. The van der Waals surface area contributed by atoms with Crippen molar-refractivity contribution in [3.8, 4) is 6.07 Å². The first kappa shape index (κ1) is 12.1. The predicted molar refractivity (Wildman–Crippen MR) is 72.1 cm³/mol. The minimum Gasteiger partial charge on any atom is -0.379 e. The van der Waals surface area contributed by atoms with Crippen molar-refractivity contribution in [1.82, 2.24) is 4.98 Å². The van der Waals surface area contributed by atoms with Crippen molar-refractivity contribution in [1.29, 1.82) is 5.26 Å². The average Bonchev–Trinajstić information content (AvgIpc) is 2.38. The third-order valence-corrected chi connectivity index (χ3v) is 2.66. The fraction of sp³-hybridized carbons (Fsp3) is 0.200. The first-order valence-electron chi connectivity index (χ1n) is 5.90. The molecule has 0 atom stereocenters. The average molecular weight is 237 g/mol. The topological polar surface area (TPSA) is 48.7 Å². The summed E-state index contributed by atoms with van der Waals surface area (Å²) in [6.45, 7) is 2.69. The van der Waals surface area contributed by atoms with Crippen molar-refractivity contribution in [2.45, 2.75) is 19.9 Å². The second-order valence-corrected chi connectivity index (χ2v) is 4.16. The van der Waals surface area contributed by atoms with Crippen molar-refractivity contribution in [2.24, 2.45) is 0 Å². The quantitative estimate of drug-likeness (QED) is 0.889. The van der Waals surface area contributed by atoms with Crippen LogP contribution in [0.2, 0.25) is 0 Å². The smallest absolute Gasteiger partial charge is 0.0669 e. The predicted octanol–water partition coefficient (Wildman–Crippen LogP) is 3.07. The van der Waals surface area contributed by atoms with Gasteiger partial charge in [0.2, 0.25) is 0 Å². The summed E-state index contributed by atoms with van der Waals surface area (Å²) in [4.78, 5) is 4.43. The Kier molecular flexibility index (Phi) is 3.93. The summed E-state index contributed by atoms with van der Waals surface area (Å²) in [5, 5.41) is 11.9. The first-order chi connectivity index (χ1) is 8.78. The minimum absolute atomic E-state index is 0.458. The number of nitriles is 1. The molecule has 0 spiro atoms. The van der Waals surface area contributed by atoms with Crippen molar-refractivity contribution in [3.63, 3.8) is 0 Å². The molecule has 0 aliphatic rings. The maximum absolute atomic E-state index is 8.59. The van der Waals surface area contributed by atoms with Crippen LogP contribution in [0, 0.1) is 18.3 Å². The molecule has 2 rings (SSSR count). The molecule has 18 heavy (non-hydrogen) atoms. The van der Waals surface area contributed by atoms with Gasteiger partial charge in [0.05, 0.1) is 24.7 Å². The van der Waals surface area contributed by atoms with Crippen LogP contribution in [-0.2, 0) is 13.0 Å². The second-order valence-electron chi connectivity index (χ2n) is 4.16. The van der Waals surface area contributed by atoms with Crippen LogP contribution in [0.4, 0.5) is 5.69 Å². The van der Waals surface area contributed by atoms with Gasteiger partial charge in [0.25, 0.3) is 0 Å². The molecule has 0 amide bonds. The van der Waals surface area contributed by atoms with Crippen LogP contribution >= 0.6 is 0 Å². The van der Waals surface area contributed by atoms with Crippen molar-refractivity contribution in [3.05, 3.63) is 59.4 Å². The molecule has 0 aliphatic heterocycles. The molecular formula is C15H15N3. The summed E-state index contributed by atoms with van der Waals surface area (Å²) in [6.07, 6.45) is 0.458. The Morgan fingerprint density at radius 3 is 2.61 bits per heavy atom. The van der Waals surface area contributed by atoms with Crippen LogP contribution in [0.15, 0.2) is 42.5 Å². The molecule has 0 aliphatic carbocycles. The zero-order chi connectivity index (χ0) is 12.8. The highest BCUT2D eigenvalue weighted by atomic mass is 14.9. The molecule has 2 aromatic rings. The normalized spacial score (nSPS) is 9.78. The van der Waals surface area contributed by atoms with E-state index in [1.165, 1.54) is 0 Å². The number of aryl methyl sites for hydroxylation is 1. The maximum Gasteiger partial charge on any atom is 0.0669 e. The molecule has 3 heteroatoms. The van der Waals surface area contributed by atoms with Gasteiger partial charge in [-0.3, -0.25) is 4.98 Å². The standard InChI is InChI=1S/C15H15N3/c1-12-3-2-4-15(18-12)11-17-14-7-5-13(6-8-14)9-10-16/h2-8,17H,9,11H2,1H3. The largest absolute Gasteiger partial charge is 0.379 e. The highest BCUT2D eigenvalue weighted by Gasteiger charge is 1.96. The van der Waals surface area contributed by atoms with Gasteiger partial charge in [-0.2, -0.15) is 5.26 Å².